The first kappa shape index (κ1) is 43.0. The maximum atomic E-state index is 16.2. The van der Waals surface area contributed by atoms with Crippen LogP contribution in [0.2, 0.25) is 0 Å². The number of hydrogen-bond donors (Lipinski definition) is 3. The van der Waals surface area contributed by atoms with Crippen LogP contribution >= 0.6 is 0 Å². The summed E-state index contributed by atoms with van der Waals surface area (Å²) in [6.07, 6.45) is -3.04. The van der Waals surface area contributed by atoms with Gasteiger partial charge in [-0.25, -0.2) is 32.0 Å². The third-order valence-electron chi connectivity index (χ3n) is 12.4. The average molecular weight is 862 g/mol. The van der Waals surface area contributed by atoms with Gasteiger partial charge >= 0.3 is 12.0 Å². The van der Waals surface area contributed by atoms with Crippen molar-refractivity contribution in [2.75, 3.05) is 6.54 Å². The second-order valence-electron chi connectivity index (χ2n) is 17.8. The maximum absolute atomic E-state index is 16.2. The van der Waals surface area contributed by atoms with E-state index in [-0.39, 0.29) is 48.2 Å². The number of benzene rings is 1. The van der Waals surface area contributed by atoms with Crippen molar-refractivity contribution in [3.63, 3.8) is 0 Å². The molecule has 3 N–H and O–H groups in total. The zero-order valence-corrected chi connectivity index (χ0v) is 34.5. The molecule has 324 valence electrons. The van der Waals surface area contributed by atoms with Crippen molar-refractivity contribution in [3.8, 4) is 11.9 Å². The molecule has 2 aromatic rings. The number of aromatic nitrogens is 2. The van der Waals surface area contributed by atoms with Crippen LogP contribution in [0.5, 0.6) is 5.88 Å². The SMILES string of the molecule is CC[C@@H]1[C@@H]2CN(C(=O)[C@H](C(C)(C)C)NC(=O)O[C@@H]3C[C@H]3CC/C=C/C(F)(F)c3nc4ccc(C#N)cc4nc3O2)[C@@H]1C(=O)N[C@]1(C(=O)NS(=O)(=O)C2(C)CC2)CC1C(F)F. The minimum Gasteiger partial charge on any atom is -0.471 e. The Labute approximate surface area is 344 Å². The molecule has 15 nitrogen and oxygen atoms in total. The first-order valence-corrected chi connectivity index (χ1v) is 21.4. The third kappa shape index (κ3) is 8.08. The van der Waals surface area contributed by atoms with E-state index in [0.29, 0.717) is 18.9 Å². The van der Waals surface area contributed by atoms with Gasteiger partial charge < -0.3 is 25.0 Å². The fraction of sp³-hybridized carbons (Fsp3) is 0.625. The minimum atomic E-state index is -4.33. The lowest BCUT2D eigenvalue weighted by atomic mass is 9.85. The van der Waals surface area contributed by atoms with Crippen molar-refractivity contribution < 1.29 is 54.6 Å². The fourth-order valence-corrected chi connectivity index (χ4v) is 9.43. The number of carbonyl (C=O) groups excluding carboxylic acids is 4. The van der Waals surface area contributed by atoms with E-state index < -0.39 is 123 Å². The van der Waals surface area contributed by atoms with Crippen LogP contribution in [0.4, 0.5) is 22.4 Å². The topological polar surface area (TPSA) is 210 Å². The summed E-state index contributed by atoms with van der Waals surface area (Å²) in [7, 11) is -4.33. The predicted octanol–water partition coefficient (Wildman–Crippen LogP) is 4.60. The van der Waals surface area contributed by atoms with Crippen LogP contribution in [0.3, 0.4) is 0 Å². The van der Waals surface area contributed by atoms with Crippen LogP contribution < -0.4 is 20.1 Å². The van der Waals surface area contributed by atoms with Gasteiger partial charge in [-0.15, -0.1) is 0 Å². The molecule has 60 heavy (non-hydrogen) atoms. The zero-order chi connectivity index (χ0) is 43.7. The van der Waals surface area contributed by atoms with Gasteiger partial charge in [-0.2, -0.15) is 14.0 Å². The van der Waals surface area contributed by atoms with E-state index in [2.05, 4.69) is 20.6 Å². The fourth-order valence-electron chi connectivity index (χ4n) is 8.12. The molecule has 1 aromatic heterocycles. The van der Waals surface area contributed by atoms with Gasteiger partial charge in [0, 0.05) is 5.92 Å². The molecule has 3 aliphatic carbocycles. The van der Waals surface area contributed by atoms with Crippen LogP contribution in [0.15, 0.2) is 30.4 Å². The molecule has 4 amide bonds. The van der Waals surface area contributed by atoms with E-state index >= 15 is 8.78 Å². The maximum Gasteiger partial charge on any atom is 0.408 e. The first-order chi connectivity index (χ1) is 28.0. The summed E-state index contributed by atoms with van der Waals surface area (Å²) < 4.78 is 99.7. The lowest BCUT2D eigenvalue weighted by molar-refractivity contribution is -0.144. The number of halogens is 4. The molecule has 1 unspecified atom stereocenters. The Kier molecular flexibility index (Phi) is 10.9. The number of amides is 4. The van der Waals surface area contributed by atoms with Crippen LogP contribution in [-0.2, 0) is 35.1 Å². The number of fused-ring (bicyclic) bond motifs is 5. The van der Waals surface area contributed by atoms with E-state index in [0.717, 1.165) is 4.90 Å². The normalized spacial score (nSPS) is 31.5. The standard InChI is InChI=1S/C40H47F4N7O8S/c1-6-22-27-19-51(28(22)32(52)49-39(17-23(39)31(41)42)35(54)50-60(56,57)38(5)13-14-38)34(53)30(37(2,3)4)48-36(55)59-26-16-21(26)9-7-8-12-40(43,44)29-33(58-27)47-25-15-20(18-45)10-11-24(25)46-29/h8,10-12,15,21-23,26-28,30-31H,6-7,9,13-14,16-17,19H2,1-5H3,(H,48,55)(H,49,52)(H,50,54)/b12-8+/t21-,22-,23?,26-,27+,28+,30-,39-/m1/s1. The molecule has 8 atom stereocenters. The van der Waals surface area contributed by atoms with Crippen molar-refractivity contribution in [3.05, 3.63) is 41.6 Å². The van der Waals surface area contributed by atoms with Gasteiger partial charge in [0.1, 0.15) is 29.8 Å². The lowest BCUT2D eigenvalue weighted by Crippen LogP contribution is -2.61. The number of allylic oxidation sites excluding steroid dienone is 2. The summed E-state index contributed by atoms with van der Waals surface area (Å²) in [5.41, 5.74) is -4.08. The van der Waals surface area contributed by atoms with E-state index in [1.807, 2.05) is 10.8 Å². The highest BCUT2D eigenvalue weighted by Crippen LogP contribution is 2.50. The molecule has 0 radical (unpaired) electrons. The Morgan fingerprint density at radius 3 is 2.45 bits per heavy atom. The Morgan fingerprint density at radius 2 is 1.83 bits per heavy atom. The van der Waals surface area contributed by atoms with E-state index in [9.17, 15) is 41.6 Å². The summed E-state index contributed by atoms with van der Waals surface area (Å²) in [6.45, 7) is 7.48. The molecule has 1 aromatic carbocycles. The minimum absolute atomic E-state index is 0.0146. The number of alkyl halides is 4. The molecular weight excluding hydrogens is 815 g/mol. The van der Waals surface area contributed by atoms with Crippen molar-refractivity contribution in [2.45, 2.75) is 126 Å². The molecule has 1 saturated heterocycles. The number of nitrogens with one attached hydrogen (secondary N) is 3. The van der Waals surface area contributed by atoms with Crippen molar-refractivity contribution in [2.24, 2.45) is 23.2 Å². The van der Waals surface area contributed by atoms with Gasteiger partial charge in [-0.3, -0.25) is 19.1 Å². The number of rotatable bonds is 7. The van der Waals surface area contributed by atoms with Crippen LogP contribution in [0, 0.1) is 34.5 Å². The third-order valence-corrected chi connectivity index (χ3v) is 14.5. The molecule has 0 spiro atoms. The monoisotopic (exact) mass is 861 g/mol. The number of nitrogens with zero attached hydrogens (tertiary/aromatic N) is 4. The number of sulfonamides is 1. The predicted molar refractivity (Wildman–Crippen MR) is 205 cm³/mol. The van der Waals surface area contributed by atoms with Gasteiger partial charge in [0.05, 0.1) is 39.9 Å². The largest absolute Gasteiger partial charge is 0.471 e. The Bertz CT molecular complexity index is 2300. The number of hydrogen-bond acceptors (Lipinski definition) is 11. The Hall–Kier alpha value is -5.06. The molecule has 3 saturated carbocycles. The van der Waals surface area contributed by atoms with Gasteiger partial charge in [-0.05, 0) is 87.5 Å². The van der Waals surface area contributed by atoms with Crippen molar-refractivity contribution in [1.29, 1.82) is 5.26 Å². The van der Waals surface area contributed by atoms with Gasteiger partial charge in [0.15, 0.2) is 5.69 Å². The molecule has 2 bridgehead atoms. The van der Waals surface area contributed by atoms with Crippen LogP contribution in [0.1, 0.15) is 90.8 Å². The molecule has 4 fully saturated rings. The Morgan fingerprint density at radius 1 is 1.12 bits per heavy atom. The number of nitriles is 1. The summed E-state index contributed by atoms with van der Waals surface area (Å²) in [5.74, 6) is -10.7. The van der Waals surface area contributed by atoms with E-state index in [4.69, 9.17) is 9.47 Å². The highest BCUT2D eigenvalue weighted by Gasteiger charge is 2.68. The quantitative estimate of drug-likeness (QED) is 0.259. The molecule has 2 aliphatic heterocycles. The average Bonchev–Trinajstić information content (AvgIpc) is 4.12. The van der Waals surface area contributed by atoms with Crippen LogP contribution in [0.25, 0.3) is 11.0 Å². The van der Waals surface area contributed by atoms with Crippen molar-refractivity contribution >= 4 is 44.9 Å². The van der Waals surface area contributed by atoms with Gasteiger partial charge in [-0.1, -0.05) is 33.8 Å². The van der Waals surface area contributed by atoms with Gasteiger partial charge in [0.25, 0.3) is 5.91 Å². The second-order valence-corrected chi connectivity index (χ2v) is 20.0. The molecule has 5 aliphatic rings. The summed E-state index contributed by atoms with van der Waals surface area (Å²) in [4.78, 5) is 66.0. The van der Waals surface area contributed by atoms with E-state index in [1.165, 1.54) is 31.2 Å². The molecule has 7 rings (SSSR count). The molecule has 3 heterocycles. The zero-order valence-electron chi connectivity index (χ0n) is 33.6. The summed E-state index contributed by atoms with van der Waals surface area (Å²) in [5, 5.41) is 14.5. The lowest BCUT2D eigenvalue weighted by Gasteiger charge is -2.36. The number of ether oxygens (including phenoxy) is 2. The summed E-state index contributed by atoms with van der Waals surface area (Å²) in [6, 6.07) is 3.04. The second kappa shape index (κ2) is 15.1. The number of carbonyl (C=O) groups is 4. The number of alkyl carbamates (subject to hydrolysis) is 1. The van der Waals surface area contributed by atoms with Gasteiger partial charge in [0.2, 0.25) is 34.1 Å². The summed E-state index contributed by atoms with van der Waals surface area (Å²) >= 11 is 0. The van der Waals surface area contributed by atoms with Crippen molar-refractivity contribution in [1.82, 2.24) is 30.2 Å². The highest BCUT2D eigenvalue weighted by molar-refractivity contribution is 7.91. The van der Waals surface area contributed by atoms with Crippen LogP contribution in [-0.4, -0.2) is 94.6 Å². The Balaban J connectivity index is 1.31. The molecular formula is C40H47F4N7O8S. The molecule has 20 heteroatoms. The smallest absolute Gasteiger partial charge is 0.408 e. The highest BCUT2D eigenvalue weighted by atomic mass is 32.2. The first-order valence-electron chi connectivity index (χ1n) is 19.9. The van der Waals surface area contributed by atoms with E-state index in [1.54, 1.807) is 27.7 Å².